The molecule has 9 heteroatoms. The number of nitrogens with one attached hydrogen (secondary N) is 1. The molecule has 0 saturated heterocycles. The summed E-state index contributed by atoms with van der Waals surface area (Å²) in [6.07, 6.45) is 5.63. The third-order valence-corrected chi connectivity index (χ3v) is 10.1. The Morgan fingerprint density at radius 3 is 2.53 bits per heavy atom. The summed E-state index contributed by atoms with van der Waals surface area (Å²) in [4.78, 5) is 41.5. The summed E-state index contributed by atoms with van der Waals surface area (Å²) in [5.74, 6) is -0.387. The van der Waals surface area contributed by atoms with Crippen molar-refractivity contribution in [2.75, 3.05) is 5.32 Å². The van der Waals surface area contributed by atoms with Crippen molar-refractivity contribution >= 4 is 43.8 Å². The second-order valence-electron chi connectivity index (χ2n) is 9.84. The van der Waals surface area contributed by atoms with E-state index in [4.69, 9.17) is 0 Å². The molecule has 0 unspecified atom stereocenters. The second kappa shape index (κ2) is 9.00. The van der Waals surface area contributed by atoms with Gasteiger partial charge >= 0.3 is 0 Å². The first-order valence-electron chi connectivity index (χ1n) is 11.9. The summed E-state index contributed by atoms with van der Waals surface area (Å²) in [5, 5.41) is 4.55. The first kappa shape index (κ1) is 23.4. The quantitative estimate of drug-likeness (QED) is 0.502. The van der Waals surface area contributed by atoms with Crippen molar-refractivity contribution in [3.05, 3.63) is 40.4 Å². The van der Waals surface area contributed by atoms with Gasteiger partial charge in [0.1, 0.15) is 11.5 Å². The molecule has 34 heavy (non-hydrogen) atoms. The van der Waals surface area contributed by atoms with Gasteiger partial charge in [-0.15, -0.1) is 11.3 Å². The molecule has 0 bridgehead atoms. The van der Waals surface area contributed by atoms with Crippen molar-refractivity contribution in [2.45, 2.75) is 80.3 Å². The molecule has 2 aromatic rings. The number of carbonyl (C=O) groups excluding carboxylic acids is 3. The molecule has 1 amide bonds. The van der Waals surface area contributed by atoms with Crippen LogP contribution in [0.1, 0.15) is 91.7 Å². The number of nitrogens with zero attached hydrogens (tertiary/aromatic N) is 1. The lowest BCUT2D eigenvalue weighted by Crippen LogP contribution is -2.24. The van der Waals surface area contributed by atoms with Crippen LogP contribution in [0.4, 0.5) is 5.13 Å². The van der Waals surface area contributed by atoms with E-state index in [1.165, 1.54) is 18.3 Å². The molecule has 0 spiro atoms. The number of rotatable bonds is 9. The van der Waals surface area contributed by atoms with Crippen molar-refractivity contribution in [3.63, 3.8) is 0 Å². The maximum absolute atomic E-state index is 13.4. The maximum atomic E-state index is 13.4. The lowest BCUT2D eigenvalue weighted by atomic mass is 9.86. The molecular weight excluding hydrogens is 472 g/mol. The van der Waals surface area contributed by atoms with Crippen LogP contribution in [0.15, 0.2) is 28.5 Å². The highest BCUT2D eigenvalue weighted by Crippen LogP contribution is 2.47. The number of aromatic nitrogens is 1. The minimum absolute atomic E-state index is 0.117. The highest BCUT2D eigenvalue weighted by molar-refractivity contribution is 7.92. The second-order valence-corrected chi connectivity index (χ2v) is 12.9. The average molecular weight is 501 g/mol. The van der Waals surface area contributed by atoms with Crippen LogP contribution in [-0.4, -0.2) is 36.1 Å². The van der Waals surface area contributed by atoms with Crippen LogP contribution in [-0.2, 0) is 19.4 Å². The normalized spacial score (nSPS) is 21.4. The number of benzene rings is 1. The summed E-state index contributed by atoms with van der Waals surface area (Å²) in [7, 11) is -3.33. The van der Waals surface area contributed by atoms with E-state index in [0.29, 0.717) is 47.8 Å². The molecule has 180 valence electrons. The molecule has 3 aliphatic carbocycles. The van der Waals surface area contributed by atoms with Crippen LogP contribution in [0.2, 0.25) is 0 Å². The van der Waals surface area contributed by atoms with E-state index in [1.807, 2.05) is 6.07 Å². The minimum Gasteiger partial charge on any atom is -0.301 e. The van der Waals surface area contributed by atoms with E-state index >= 15 is 0 Å². The lowest BCUT2D eigenvalue weighted by molar-refractivity contribution is -0.119. The van der Waals surface area contributed by atoms with Crippen LogP contribution in [0.3, 0.4) is 0 Å². The molecule has 0 aliphatic heterocycles. The van der Waals surface area contributed by atoms with Crippen LogP contribution in [0.25, 0.3) is 0 Å². The SMILES string of the molecule is CC(=O)c1csc(NC(=O)[C@H](C[C@H]2CCC(=O)C2)c2ccc(S(=O)(=O)C3CC3)c(C3CC3)c2)n1. The molecule has 1 heterocycles. The third-order valence-electron chi connectivity index (χ3n) is 7.05. The topological polar surface area (TPSA) is 110 Å². The van der Waals surface area contributed by atoms with Gasteiger partial charge in [-0.25, -0.2) is 13.4 Å². The van der Waals surface area contributed by atoms with E-state index < -0.39 is 15.8 Å². The lowest BCUT2D eigenvalue weighted by Gasteiger charge is -2.21. The molecule has 3 saturated carbocycles. The summed E-state index contributed by atoms with van der Waals surface area (Å²) in [6, 6.07) is 5.37. The van der Waals surface area contributed by atoms with Crippen LogP contribution in [0, 0.1) is 5.92 Å². The number of sulfone groups is 1. The Labute approximate surface area is 203 Å². The number of hydrogen-bond acceptors (Lipinski definition) is 7. The zero-order valence-electron chi connectivity index (χ0n) is 19.1. The predicted molar refractivity (Wildman–Crippen MR) is 129 cm³/mol. The summed E-state index contributed by atoms with van der Waals surface area (Å²) < 4.78 is 26.0. The summed E-state index contributed by atoms with van der Waals surface area (Å²) >= 11 is 1.20. The number of carbonyl (C=O) groups is 3. The Morgan fingerprint density at radius 1 is 1.18 bits per heavy atom. The van der Waals surface area contributed by atoms with Gasteiger partial charge < -0.3 is 5.32 Å². The monoisotopic (exact) mass is 500 g/mol. The molecule has 1 aromatic carbocycles. The third kappa shape index (κ3) is 4.86. The van der Waals surface area contributed by atoms with Crippen molar-refractivity contribution in [3.8, 4) is 0 Å². The summed E-state index contributed by atoms with van der Waals surface area (Å²) in [5.41, 5.74) is 1.92. The molecule has 2 atom stereocenters. The van der Waals surface area contributed by atoms with E-state index in [2.05, 4.69) is 10.3 Å². The van der Waals surface area contributed by atoms with Crippen molar-refractivity contribution in [1.82, 2.24) is 4.98 Å². The Kier molecular flexibility index (Phi) is 6.18. The number of Topliss-reactive ketones (excluding diaryl/α,β-unsaturated/α-hetero) is 2. The van der Waals surface area contributed by atoms with Gasteiger partial charge in [-0.3, -0.25) is 14.4 Å². The van der Waals surface area contributed by atoms with Crippen molar-refractivity contribution in [2.24, 2.45) is 5.92 Å². The van der Waals surface area contributed by atoms with Gasteiger partial charge in [-0.2, -0.15) is 0 Å². The van der Waals surface area contributed by atoms with E-state index in [-0.39, 0.29) is 34.6 Å². The van der Waals surface area contributed by atoms with Gasteiger partial charge in [-0.1, -0.05) is 12.1 Å². The molecule has 3 fully saturated rings. The predicted octanol–water partition coefficient (Wildman–Crippen LogP) is 4.64. The van der Waals surface area contributed by atoms with Gasteiger partial charge in [0.05, 0.1) is 16.1 Å². The average Bonchev–Trinajstić information content (AvgIpc) is 3.72. The van der Waals surface area contributed by atoms with Gasteiger partial charge in [0.15, 0.2) is 20.8 Å². The van der Waals surface area contributed by atoms with Crippen molar-refractivity contribution < 1.29 is 22.8 Å². The number of thiazole rings is 1. The van der Waals surface area contributed by atoms with Gasteiger partial charge in [0, 0.05) is 25.1 Å². The maximum Gasteiger partial charge on any atom is 0.233 e. The van der Waals surface area contributed by atoms with E-state index in [0.717, 1.165) is 30.4 Å². The molecule has 1 N–H and O–H groups in total. The van der Waals surface area contributed by atoms with Crippen molar-refractivity contribution in [1.29, 1.82) is 0 Å². The van der Waals surface area contributed by atoms with Gasteiger partial charge in [0.25, 0.3) is 0 Å². The molecule has 1 aromatic heterocycles. The molecule has 3 aliphatic rings. The fourth-order valence-electron chi connectivity index (χ4n) is 4.82. The Balaban J connectivity index is 1.46. The zero-order chi connectivity index (χ0) is 24.0. The van der Waals surface area contributed by atoms with Crippen LogP contribution < -0.4 is 5.32 Å². The molecular formula is C25H28N2O5S2. The Morgan fingerprint density at radius 2 is 1.94 bits per heavy atom. The van der Waals surface area contributed by atoms with Gasteiger partial charge in [0.2, 0.25) is 5.91 Å². The molecule has 0 radical (unpaired) electrons. The Bertz CT molecular complexity index is 1260. The smallest absolute Gasteiger partial charge is 0.233 e. The number of ketones is 2. The summed E-state index contributed by atoms with van der Waals surface area (Å²) in [6.45, 7) is 1.43. The fraction of sp³-hybridized carbons (Fsp3) is 0.520. The van der Waals surface area contributed by atoms with E-state index in [1.54, 1.807) is 17.5 Å². The first-order chi connectivity index (χ1) is 16.2. The number of anilines is 1. The molecule has 5 rings (SSSR count). The highest BCUT2D eigenvalue weighted by atomic mass is 32.2. The highest BCUT2D eigenvalue weighted by Gasteiger charge is 2.41. The Hall–Kier alpha value is -2.39. The molecule has 7 nitrogen and oxygen atoms in total. The van der Waals surface area contributed by atoms with Crippen LogP contribution in [0.5, 0.6) is 0 Å². The number of amides is 1. The minimum atomic E-state index is -3.33. The standard InChI is InChI=1S/C25H28N2O5S2/c1-14(28)22-13-33-25(26-22)27-24(30)21(11-15-2-6-18(29)10-15)17-5-9-23(20(12-17)16-3-4-16)34(31,32)19-7-8-19/h5,9,12-13,15-16,19,21H,2-4,6-8,10-11H2,1H3,(H,26,27,30)/t15-,21+/m0/s1. The van der Waals surface area contributed by atoms with E-state index in [9.17, 15) is 22.8 Å². The first-order valence-corrected chi connectivity index (χ1v) is 14.3. The number of hydrogen-bond donors (Lipinski definition) is 1. The largest absolute Gasteiger partial charge is 0.301 e. The zero-order valence-corrected chi connectivity index (χ0v) is 20.7. The fourth-order valence-corrected chi connectivity index (χ4v) is 7.50. The van der Waals surface area contributed by atoms with Gasteiger partial charge in [-0.05, 0) is 67.6 Å². The van der Waals surface area contributed by atoms with Crippen LogP contribution >= 0.6 is 11.3 Å².